The number of rotatable bonds is 5. The summed E-state index contributed by atoms with van der Waals surface area (Å²) >= 11 is 5.76. The van der Waals surface area contributed by atoms with Crippen molar-refractivity contribution in [3.63, 3.8) is 0 Å². The lowest BCUT2D eigenvalue weighted by Crippen LogP contribution is -2.23. The molecule has 0 amide bonds. The Hall–Kier alpha value is -2.22. The first-order valence-corrected chi connectivity index (χ1v) is 8.95. The topological polar surface area (TPSA) is 85.1 Å². The van der Waals surface area contributed by atoms with Gasteiger partial charge in [0.05, 0.1) is 11.4 Å². The van der Waals surface area contributed by atoms with Crippen LogP contribution in [-0.4, -0.2) is 18.6 Å². The molecule has 1 aromatic heterocycles. The molecule has 0 fully saturated rings. The highest BCUT2D eigenvalue weighted by Gasteiger charge is 2.16. The molecular weight excluding hydrogens is 350 g/mol. The number of hydrogen-bond acceptors (Lipinski definition) is 5. The zero-order valence-corrected chi connectivity index (χ0v) is 14.3. The van der Waals surface area contributed by atoms with Crippen molar-refractivity contribution >= 4 is 21.6 Å². The third-order valence-corrected chi connectivity index (χ3v) is 4.97. The fraction of sp³-hybridized carbons (Fsp3) is 0.125. The second kappa shape index (κ2) is 6.72. The van der Waals surface area contributed by atoms with E-state index in [0.717, 1.165) is 11.1 Å². The van der Waals surface area contributed by atoms with Crippen LogP contribution in [0.1, 0.15) is 11.5 Å². The van der Waals surface area contributed by atoms with Crippen LogP contribution in [0.25, 0.3) is 11.5 Å². The van der Waals surface area contributed by atoms with Crippen molar-refractivity contribution < 1.29 is 12.8 Å². The number of benzene rings is 2. The smallest absolute Gasteiger partial charge is 0.247 e. The molecule has 124 valence electrons. The fourth-order valence-corrected chi connectivity index (χ4v) is 3.09. The molecule has 0 aliphatic rings. The van der Waals surface area contributed by atoms with E-state index in [9.17, 15) is 8.42 Å². The zero-order valence-electron chi connectivity index (χ0n) is 12.7. The van der Waals surface area contributed by atoms with Crippen molar-refractivity contribution in [1.82, 2.24) is 14.9 Å². The van der Waals surface area contributed by atoms with Crippen LogP contribution >= 0.6 is 11.6 Å². The molecule has 0 saturated carbocycles. The SMILES string of the molecule is Cc1ccc(-c2nnc(CNS(=O)(=O)c3ccc(Cl)cc3)o2)cc1. The Morgan fingerprint density at radius 2 is 1.71 bits per heavy atom. The lowest BCUT2D eigenvalue weighted by Gasteiger charge is -2.04. The largest absolute Gasteiger partial charge is 0.419 e. The molecule has 1 heterocycles. The normalized spacial score (nSPS) is 11.6. The van der Waals surface area contributed by atoms with Crippen LogP contribution in [0.5, 0.6) is 0 Å². The van der Waals surface area contributed by atoms with E-state index in [0.29, 0.717) is 10.9 Å². The van der Waals surface area contributed by atoms with E-state index in [1.165, 1.54) is 24.3 Å². The molecule has 0 bridgehead atoms. The number of aromatic nitrogens is 2. The van der Waals surface area contributed by atoms with E-state index in [1.807, 2.05) is 31.2 Å². The molecular formula is C16H14ClN3O3S. The third kappa shape index (κ3) is 3.81. The second-order valence-corrected chi connectivity index (χ2v) is 7.35. The van der Waals surface area contributed by atoms with Crippen molar-refractivity contribution in [2.75, 3.05) is 0 Å². The number of aryl methyl sites for hydroxylation is 1. The summed E-state index contributed by atoms with van der Waals surface area (Å²) < 4.78 is 32.3. The van der Waals surface area contributed by atoms with Gasteiger partial charge in [-0.3, -0.25) is 0 Å². The monoisotopic (exact) mass is 363 g/mol. The molecule has 3 aromatic rings. The molecule has 0 aliphatic carbocycles. The summed E-state index contributed by atoms with van der Waals surface area (Å²) in [4.78, 5) is 0.116. The van der Waals surface area contributed by atoms with Crippen molar-refractivity contribution in [3.05, 3.63) is 65.0 Å². The predicted molar refractivity (Wildman–Crippen MR) is 89.9 cm³/mol. The van der Waals surface area contributed by atoms with Gasteiger partial charge in [0.1, 0.15) is 0 Å². The van der Waals surface area contributed by atoms with E-state index >= 15 is 0 Å². The molecule has 1 N–H and O–H groups in total. The molecule has 0 aliphatic heterocycles. The minimum absolute atomic E-state index is 0.0934. The van der Waals surface area contributed by atoms with Crippen molar-refractivity contribution in [1.29, 1.82) is 0 Å². The molecule has 0 radical (unpaired) electrons. The Kier molecular flexibility index (Phi) is 4.66. The van der Waals surface area contributed by atoms with Gasteiger partial charge < -0.3 is 4.42 Å². The van der Waals surface area contributed by atoms with E-state index in [1.54, 1.807) is 0 Å². The second-order valence-electron chi connectivity index (χ2n) is 5.15. The van der Waals surface area contributed by atoms with E-state index in [2.05, 4.69) is 14.9 Å². The van der Waals surface area contributed by atoms with Crippen LogP contribution < -0.4 is 4.72 Å². The highest BCUT2D eigenvalue weighted by Crippen LogP contribution is 2.19. The van der Waals surface area contributed by atoms with Gasteiger partial charge in [-0.1, -0.05) is 29.3 Å². The molecule has 0 saturated heterocycles. The summed E-state index contributed by atoms with van der Waals surface area (Å²) in [6.45, 7) is 1.89. The van der Waals surface area contributed by atoms with Crippen LogP contribution in [-0.2, 0) is 16.6 Å². The van der Waals surface area contributed by atoms with Gasteiger partial charge in [0.15, 0.2) is 0 Å². The van der Waals surface area contributed by atoms with Crippen molar-refractivity contribution in [2.24, 2.45) is 0 Å². The van der Waals surface area contributed by atoms with Crippen LogP contribution in [0.4, 0.5) is 0 Å². The standard InChI is InChI=1S/C16H14ClN3O3S/c1-11-2-4-12(5-3-11)16-20-19-15(23-16)10-18-24(21,22)14-8-6-13(17)7-9-14/h2-9,18H,10H2,1H3. The molecule has 0 atom stereocenters. The van der Waals surface area contributed by atoms with Gasteiger partial charge >= 0.3 is 0 Å². The molecule has 0 unspecified atom stereocenters. The predicted octanol–water partition coefficient (Wildman–Crippen LogP) is 3.18. The van der Waals surface area contributed by atoms with E-state index in [-0.39, 0.29) is 17.3 Å². The molecule has 3 rings (SSSR count). The van der Waals surface area contributed by atoms with Crippen LogP contribution in [0.3, 0.4) is 0 Å². The molecule has 0 spiro atoms. The zero-order chi connectivity index (χ0) is 17.2. The molecule has 6 nitrogen and oxygen atoms in total. The summed E-state index contributed by atoms with van der Waals surface area (Å²) in [6, 6.07) is 13.5. The quantitative estimate of drug-likeness (QED) is 0.752. The Morgan fingerprint density at radius 3 is 2.38 bits per heavy atom. The third-order valence-electron chi connectivity index (χ3n) is 3.30. The lowest BCUT2D eigenvalue weighted by molar-refractivity contribution is 0.494. The first-order chi connectivity index (χ1) is 11.4. The van der Waals surface area contributed by atoms with Gasteiger partial charge in [-0.05, 0) is 43.3 Å². The summed E-state index contributed by atoms with van der Waals surface area (Å²) in [5.41, 5.74) is 1.90. The van der Waals surface area contributed by atoms with Crippen LogP contribution in [0.2, 0.25) is 5.02 Å². The number of nitrogens with one attached hydrogen (secondary N) is 1. The first-order valence-electron chi connectivity index (χ1n) is 7.09. The average molecular weight is 364 g/mol. The lowest BCUT2D eigenvalue weighted by atomic mass is 10.1. The number of halogens is 1. The highest BCUT2D eigenvalue weighted by molar-refractivity contribution is 7.89. The minimum Gasteiger partial charge on any atom is -0.419 e. The van der Waals surface area contributed by atoms with Crippen LogP contribution in [0, 0.1) is 6.92 Å². The molecule has 8 heteroatoms. The van der Waals surface area contributed by atoms with Gasteiger partial charge in [-0.2, -0.15) is 0 Å². The Balaban J connectivity index is 1.71. The first kappa shape index (κ1) is 16.6. The van der Waals surface area contributed by atoms with E-state index in [4.69, 9.17) is 16.0 Å². The fourth-order valence-electron chi connectivity index (χ4n) is 1.99. The Labute approximate surface area is 144 Å². The van der Waals surface area contributed by atoms with Crippen LogP contribution in [0.15, 0.2) is 57.8 Å². The maximum Gasteiger partial charge on any atom is 0.247 e. The van der Waals surface area contributed by atoms with Gasteiger partial charge in [0.25, 0.3) is 0 Å². The van der Waals surface area contributed by atoms with Crippen molar-refractivity contribution in [3.8, 4) is 11.5 Å². The number of nitrogens with zero attached hydrogens (tertiary/aromatic N) is 2. The van der Waals surface area contributed by atoms with Gasteiger partial charge in [0, 0.05) is 10.6 Å². The average Bonchev–Trinajstić information content (AvgIpc) is 3.03. The Bertz CT molecular complexity index is 935. The highest BCUT2D eigenvalue weighted by atomic mass is 35.5. The van der Waals surface area contributed by atoms with Gasteiger partial charge in [-0.25, -0.2) is 13.1 Å². The minimum atomic E-state index is -3.67. The summed E-state index contributed by atoms with van der Waals surface area (Å²) in [5.74, 6) is 0.527. The van der Waals surface area contributed by atoms with E-state index < -0.39 is 10.0 Å². The number of hydrogen-bond donors (Lipinski definition) is 1. The van der Waals surface area contributed by atoms with Crippen molar-refractivity contribution in [2.45, 2.75) is 18.4 Å². The molecule has 24 heavy (non-hydrogen) atoms. The summed E-state index contributed by atoms with van der Waals surface area (Å²) in [5, 5.41) is 8.26. The summed E-state index contributed by atoms with van der Waals surface area (Å²) in [7, 11) is -3.67. The van der Waals surface area contributed by atoms with Gasteiger partial charge in [0.2, 0.25) is 21.8 Å². The maximum absolute atomic E-state index is 12.2. The maximum atomic E-state index is 12.2. The Morgan fingerprint density at radius 1 is 1.04 bits per heavy atom. The number of sulfonamides is 1. The van der Waals surface area contributed by atoms with Gasteiger partial charge in [-0.15, -0.1) is 10.2 Å². The molecule has 2 aromatic carbocycles. The summed E-state index contributed by atoms with van der Waals surface area (Å²) in [6.07, 6.45) is 0.